The van der Waals surface area contributed by atoms with E-state index in [4.69, 9.17) is 11.6 Å². The average molecular weight is 363 g/mol. The van der Waals surface area contributed by atoms with Gasteiger partial charge in [-0.05, 0) is 37.9 Å². The molecule has 7 heteroatoms. The van der Waals surface area contributed by atoms with E-state index in [9.17, 15) is 9.59 Å². The third-order valence-corrected chi connectivity index (χ3v) is 4.38. The summed E-state index contributed by atoms with van der Waals surface area (Å²) in [6.07, 6.45) is 1.95. The van der Waals surface area contributed by atoms with E-state index in [1.54, 1.807) is 12.1 Å². The van der Waals surface area contributed by atoms with Gasteiger partial charge in [0.25, 0.3) is 0 Å². The molecule has 6 nitrogen and oxygen atoms in total. The quantitative estimate of drug-likeness (QED) is 0.769. The van der Waals surface area contributed by atoms with E-state index in [1.807, 2.05) is 61.1 Å². The van der Waals surface area contributed by atoms with Gasteiger partial charge in [0, 0.05) is 37.1 Å². The Hall–Kier alpha value is -2.31. The Balaban J connectivity index is 1.89. The topological polar surface area (TPSA) is 66.4 Å². The van der Waals surface area contributed by atoms with Crippen molar-refractivity contribution in [3.63, 3.8) is 0 Å². The van der Waals surface area contributed by atoms with Crippen LogP contribution in [0.15, 0.2) is 42.6 Å². The Morgan fingerprint density at radius 3 is 2.40 bits per heavy atom. The summed E-state index contributed by atoms with van der Waals surface area (Å²) >= 11 is 6.04. The molecule has 2 N–H and O–H groups in total. The van der Waals surface area contributed by atoms with E-state index < -0.39 is 11.8 Å². The van der Waals surface area contributed by atoms with Gasteiger partial charge in [0.1, 0.15) is 0 Å². The Labute approximate surface area is 152 Å². The maximum absolute atomic E-state index is 12.0. The molecule has 1 atom stereocenters. The molecule has 1 aromatic heterocycles. The van der Waals surface area contributed by atoms with Crippen LogP contribution in [-0.4, -0.2) is 41.9 Å². The number of amides is 2. The van der Waals surface area contributed by atoms with E-state index in [2.05, 4.69) is 10.6 Å². The van der Waals surface area contributed by atoms with Gasteiger partial charge in [0.2, 0.25) is 0 Å². The second kappa shape index (κ2) is 8.69. The van der Waals surface area contributed by atoms with Gasteiger partial charge < -0.3 is 15.2 Å². The predicted molar refractivity (Wildman–Crippen MR) is 98.1 cm³/mol. The third-order valence-electron chi connectivity index (χ3n) is 4.01. The average Bonchev–Trinajstić information content (AvgIpc) is 2.99. The van der Waals surface area contributed by atoms with Crippen molar-refractivity contribution in [1.29, 1.82) is 0 Å². The first-order chi connectivity index (χ1) is 11.9. The van der Waals surface area contributed by atoms with Crippen LogP contribution in [0.4, 0.5) is 0 Å². The van der Waals surface area contributed by atoms with Crippen LogP contribution < -0.4 is 10.6 Å². The number of aryl methyl sites for hydroxylation is 1. The molecule has 2 amide bonds. The van der Waals surface area contributed by atoms with Crippen LogP contribution in [0.1, 0.15) is 17.3 Å². The van der Waals surface area contributed by atoms with Gasteiger partial charge in [-0.3, -0.25) is 14.5 Å². The summed E-state index contributed by atoms with van der Waals surface area (Å²) < 4.78 is 1.99. The molecule has 0 saturated heterocycles. The van der Waals surface area contributed by atoms with E-state index in [1.165, 1.54) is 0 Å². The first-order valence-electron chi connectivity index (χ1n) is 7.97. The van der Waals surface area contributed by atoms with Crippen molar-refractivity contribution >= 4 is 23.4 Å². The van der Waals surface area contributed by atoms with E-state index in [0.717, 1.165) is 11.3 Å². The van der Waals surface area contributed by atoms with Crippen LogP contribution in [0.5, 0.6) is 0 Å². The number of carbonyl (C=O) groups excluding carboxylic acids is 2. The Morgan fingerprint density at radius 2 is 1.80 bits per heavy atom. The van der Waals surface area contributed by atoms with Gasteiger partial charge in [-0.15, -0.1) is 0 Å². The van der Waals surface area contributed by atoms with Gasteiger partial charge in [0.15, 0.2) is 0 Å². The lowest BCUT2D eigenvalue weighted by atomic mass is 10.2. The summed E-state index contributed by atoms with van der Waals surface area (Å²) in [4.78, 5) is 26.0. The molecule has 0 saturated carbocycles. The molecule has 25 heavy (non-hydrogen) atoms. The highest BCUT2D eigenvalue weighted by Gasteiger charge is 2.20. The maximum Gasteiger partial charge on any atom is 0.309 e. The molecule has 1 aromatic carbocycles. The highest BCUT2D eigenvalue weighted by Crippen LogP contribution is 2.17. The molecule has 0 radical (unpaired) electrons. The lowest BCUT2D eigenvalue weighted by molar-refractivity contribution is -0.139. The molecule has 2 rings (SSSR count). The first kappa shape index (κ1) is 19.0. The molecule has 0 unspecified atom stereocenters. The number of likely N-dealkylation sites (N-methyl/N-ethyl adjacent to an activating group) is 1. The Morgan fingerprint density at radius 1 is 1.12 bits per heavy atom. The molecule has 2 aromatic rings. The predicted octanol–water partition coefficient (Wildman–Crippen LogP) is 1.71. The fourth-order valence-electron chi connectivity index (χ4n) is 2.54. The molecule has 0 aliphatic heterocycles. The second-order valence-electron chi connectivity index (χ2n) is 6.01. The van der Waals surface area contributed by atoms with Gasteiger partial charge in [-0.2, -0.15) is 0 Å². The molecule has 0 spiro atoms. The molecule has 134 valence electrons. The van der Waals surface area contributed by atoms with Crippen LogP contribution in [0.3, 0.4) is 0 Å². The summed E-state index contributed by atoms with van der Waals surface area (Å²) in [6.45, 7) is 0.546. The number of aromatic nitrogens is 1. The van der Waals surface area contributed by atoms with Crippen molar-refractivity contribution in [2.75, 3.05) is 20.6 Å². The zero-order valence-corrected chi connectivity index (χ0v) is 15.4. The maximum atomic E-state index is 12.0. The number of hydrogen-bond acceptors (Lipinski definition) is 3. The lowest BCUT2D eigenvalue weighted by Gasteiger charge is -2.25. The van der Waals surface area contributed by atoms with Crippen molar-refractivity contribution in [2.24, 2.45) is 7.05 Å². The van der Waals surface area contributed by atoms with Crippen LogP contribution in [0.25, 0.3) is 0 Å². The molecule has 0 fully saturated rings. The number of carbonyl (C=O) groups is 2. The molecule has 0 aliphatic rings. The van der Waals surface area contributed by atoms with E-state index in [0.29, 0.717) is 11.6 Å². The van der Waals surface area contributed by atoms with E-state index in [-0.39, 0.29) is 12.6 Å². The smallest absolute Gasteiger partial charge is 0.309 e. The van der Waals surface area contributed by atoms with E-state index >= 15 is 0 Å². The molecule has 1 heterocycles. The van der Waals surface area contributed by atoms with Crippen LogP contribution in [0.2, 0.25) is 5.02 Å². The van der Waals surface area contributed by atoms with Gasteiger partial charge in [-0.1, -0.05) is 29.8 Å². The van der Waals surface area contributed by atoms with Crippen molar-refractivity contribution in [3.05, 3.63) is 58.9 Å². The first-order valence-corrected chi connectivity index (χ1v) is 8.35. The zero-order chi connectivity index (χ0) is 18.4. The summed E-state index contributed by atoms with van der Waals surface area (Å²) in [6, 6.07) is 11.1. The number of nitrogens with one attached hydrogen (secondary N) is 2. The minimum Gasteiger partial charge on any atom is -0.353 e. The van der Waals surface area contributed by atoms with Crippen LogP contribution in [0, 0.1) is 0 Å². The Bertz CT molecular complexity index is 742. The number of halogens is 1. The molecular weight excluding hydrogens is 340 g/mol. The number of benzene rings is 1. The highest BCUT2D eigenvalue weighted by atomic mass is 35.5. The van der Waals surface area contributed by atoms with Gasteiger partial charge in [-0.25, -0.2) is 0 Å². The normalized spacial score (nSPS) is 12.0. The van der Waals surface area contributed by atoms with Gasteiger partial charge >= 0.3 is 11.8 Å². The lowest BCUT2D eigenvalue weighted by Crippen LogP contribution is -2.43. The number of hydrogen-bond donors (Lipinski definition) is 2. The Kier molecular flexibility index (Phi) is 6.61. The summed E-state index contributed by atoms with van der Waals surface area (Å²) in [5, 5.41) is 5.83. The van der Waals surface area contributed by atoms with Crippen molar-refractivity contribution in [2.45, 2.75) is 12.6 Å². The summed E-state index contributed by atoms with van der Waals surface area (Å²) in [7, 11) is 5.81. The van der Waals surface area contributed by atoms with Crippen LogP contribution in [-0.2, 0) is 23.2 Å². The monoisotopic (exact) mass is 362 g/mol. The SMILES string of the molecule is CN(C)[C@H](CNC(=O)C(=O)NCc1ccccc1Cl)c1cccn1C. The van der Waals surface area contributed by atoms with Crippen molar-refractivity contribution in [3.8, 4) is 0 Å². The fraction of sp³-hybridized carbons (Fsp3) is 0.333. The van der Waals surface area contributed by atoms with Crippen LogP contribution >= 0.6 is 11.6 Å². The second-order valence-corrected chi connectivity index (χ2v) is 6.41. The standard InChI is InChI=1S/C18H23ClN4O2/c1-22(2)16(15-9-6-10-23(15)3)12-21-18(25)17(24)20-11-13-7-4-5-8-14(13)19/h4-10,16H,11-12H2,1-3H3,(H,20,24)(H,21,25)/t16-/m1/s1. The third kappa shape index (κ3) is 5.08. The number of rotatable bonds is 6. The molecular formula is C18H23ClN4O2. The summed E-state index contributed by atoms with van der Waals surface area (Å²) in [5.41, 5.74) is 1.82. The van der Waals surface area contributed by atoms with Gasteiger partial charge in [0.05, 0.1) is 6.04 Å². The highest BCUT2D eigenvalue weighted by molar-refractivity contribution is 6.35. The minimum atomic E-state index is -0.677. The molecule has 0 bridgehead atoms. The number of nitrogens with zero attached hydrogens (tertiary/aromatic N) is 2. The fourth-order valence-corrected chi connectivity index (χ4v) is 2.74. The summed E-state index contributed by atoms with van der Waals surface area (Å²) in [5.74, 6) is -1.34. The van der Waals surface area contributed by atoms with Crippen molar-refractivity contribution in [1.82, 2.24) is 20.1 Å². The molecule has 0 aliphatic carbocycles. The minimum absolute atomic E-state index is 0.0275. The van der Waals surface area contributed by atoms with Crippen molar-refractivity contribution < 1.29 is 9.59 Å². The zero-order valence-electron chi connectivity index (χ0n) is 14.6. The largest absolute Gasteiger partial charge is 0.353 e.